The van der Waals surface area contributed by atoms with Gasteiger partial charge in [0.2, 0.25) is 0 Å². The van der Waals surface area contributed by atoms with Crippen LogP contribution in [0.25, 0.3) is 11.1 Å². The third-order valence-electron chi connectivity index (χ3n) is 6.95. The van der Waals surface area contributed by atoms with Crippen molar-refractivity contribution in [1.29, 1.82) is 0 Å². The minimum atomic E-state index is -1.10. The molecule has 2 aromatic rings. The van der Waals surface area contributed by atoms with Gasteiger partial charge in [-0.25, -0.2) is 9.38 Å². The number of rotatable bonds is 3. The maximum atomic E-state index is 14.1. The number of halogens is 1. The molecule has 164 valence electrons. The second kappa shape index (κ2) is 8.08. The summed E-state index contributed by atoms with van der Waals surface area (Å²) in [5.74, 6) is 0.0444. The normalized spacial score (nSPS) is 22.8. The monoisotopic (exact) mass is 423 g/mol. The standard InChI is InChI=1S/C25H30FN3O2/c1-17-12-20(14-21(26)13-17)19-5-4-18-6-7-24(8-10-31-11-9-24)25(16-30,22(18)15-19)28-23(27)29(2)3/h4-5,12-16H,6-11H2,1-3H3,(H2,27,28). The van der Waals surface area contributed by atoms with Crippen molar-refractivity contribution in [2.75, 3.05) is 27.3 Å². The molecule has 0 radical (unpaired) electrons. The van der Waals surface area contributed by atoms with Gasteiger partial charge in [-0.15, -0.1) is 0 Å². The molecule has 1 saturated heterocycles. The highest BCUT2D eigenvalue weighted by atomic mass is 19.1. The Labute approximate surface area is 183 Å². The van der Waals surface area contributed by atoms with Crippen LogP contribution in [-0.2, 0) is 21.5 Å². The number of ether oxygens (including phenoxy) is 1. The molecule has 1 aliphatic heterocycles. The van der Waals surface area contributed by atoms with E-state index < -0.39 is 5.54 Å². The molecule has 1 fully saturated rings. The van der Waals surface area contributed by atoms with Gasteiger partial charge in [-0.3, -0.25) is 0 Å². The first-order chi connectivity index (χ1) is 14.8. The zero-order valence-electron chi connectivity index (χ0n) is 18.5. The van der Waals surface area contributed by atoms with E-state index in [4.69, 9.17) is 15.5 Å². The van der Waals surface area contributed by atoms with Crippen LogP contribution >= 0.6 is 0 Å². The second-order valence-electron chi connectivity index (χ2n) is 9.03. The Balaban J connectivity index is 1.95. The van der Waals surface area contributed by atoms with Crippen molar-refractivity contribution in [3.63, 3.8) is 0 Å². The van der Waals surface area contributed by atoms with Crippen LogP contribution in [0, 0.1) is 18.2 Å². The highest BCUT2D eigenvalue weighted by molar-refractivity contribution is 5.84. The van der Waals surface area contributed by atoms with E-state index in [-0.39, 0.29) is 11.2 Å². The maximum Gasteiger partial charge on any atom is 0.192 e. The topological polar surface area (TPSA) is 67.9 Å². The zero-order valence-corrected chi connectivity index (χ0v) is 18.5. The minimum Gasteiger partial charge on any atom is -0.381 e. The quantitative estimate of drug-likeness (QED) is 0.463. The lowest BCUT2D eigenvalue weighted by Gasteiger charge is -2.51. The van der Waals surface area contributed by atoms with Crippen molar-refractivity contribution >= 4 is 12.2 Å². The van der Waals surface area contributed by atoms with Gasteiger partial charge in [-0.1, -0.05) is 18.2 Å². The van der Waals surface area contributed by atoms with Crippen LogP contribution in [0.1, 0.15) is 36.0 Å². The van der Waals surface area contributed by atoms with Gasteiger partial charge in [0.15, 0.2) is 17.8 Å². The molecule has 0 bridgehead atoms. The van der Waals surface area contributed by atoms with Crippen LogP contribution in [0.4, 0.5) is 4.39 Å². The number of aldehydes is 1. The van der Waals surface area contributed by atoms with Gasteiger partial charge in [0.05, 0.1) is 0 Å². The molecule has 0 saturated carbocycles. The minimum absolute atomic E-state index is 0.273. The molecule has 1 unspecified atom stereocenters. The van der Waals surface area contributed by atoms with Crippen LogP contribution in [-0.4, -0.2) is 44.5 Å². The van der Waals surface area contributed by atoms with Gasteiger partial charge in [0, 0.05) is 32.7 Å². The molecule has 1 atom stereocenters. The summed E-state index contributed by atoms with van der Waals surface area (Å²) in [6.45, 7) is 3.08. The van der Waals surface area contributed by atoms with Crippen molar-refractivity contribution in [3.05, 3.63) is 58.9 Å². The summed E-state index contributed by atoms with van der Waals surface area (Å²) in [6, 6.07) is 11.1. The Bertz CT molecular complexity index is 1010. The van der Waals surface area contributed by atoms with E-state index in [0.717, 1.165) is 59.8 Å². The average molecular weight is 424 g/mol. The molecule has 0 amide bonds. The van der Waals surface area contributed by atoms with Crippen LogP contribution in [0.3, 0.4) is 0 Å². The number of aryl methyl sites for hydroxylation is 2. The van der Waals surface area contributed by atoms with E-state index >= 15 is 0 Å². The fraction of sp³-hybridized carbons (Fsp3) is 0.440. The Hall–Kier alpha value is -2.73. The highest BCUT2D eigenvalue weighted by Crippen LogP contribution is 2.56. The van der Waals surface area contributed by atoms with Crippen molar-refractivity contribution in [3.8, 4) is 11.1 Å². The Morgan fingerprint density at radius 3 is 2.52 bits per heavy atom. The van der Waals surface area contributed by atoms with Gasteiger partial charge in [0.1, 0.15) is 5.82 Å². The second-order valence-corrected chi connectivity index (χ2v) is 9.03. The summed E-state index contributed by atoms with van der Waals surface area (Å²) in [6.07, 6.45) is 4.19. The number of guanidine groups is 1. The summed E-state index contributed by atoms with van der Waals surface area (Å²) in [4.78, 5) is 19.6. The molecule has 31 heavy (non-hydrogen) atoms. The summed E-state index contributed by atoms with van der Waals surface area (Å²) < 4.78 is 19.8. The van der Waals surface area contributed by atoms with Crippen molar-refractivity contribution in [2.24, 2.45) is 16.1 Å². The van der Waals surface area contributed by atoms with Crippen molar-refractivity contribution in [2.45, 2.75) is 38.1 Å². The van der Waals surface area contributed by atoms with Gasteiger partial charge >= 0.3 is 0 Å². The number of carbonyl (C=O) groups is 1. The number of hydrogen-bond acceptors (Lipinski definition) is 3. The fourth-order valence-corrected chi connectivity index (χ4v) is 5.15. The molecule has 2 aliphatic rings. The molecule has 1 heterocycles. The SMILES string of the molecule is Cc1cc(F)cc(-c2ccc3c(c2)C(C=O)(N=C(N)N(C)C)C2(CCOCC2)CC3)c1. The molecular formula is C25H30FN3O2. The van der Waals surface area contributed by atoms with Gasteiger partial charge in [-0.05, 0) is 78.6 Å². The van der Waals surface area contributed by atoms with Crippen LogP contribution in [0.5, 0.6) is 0 Å². The Morgan fingerprint density at radius 1 is 1.13 bits per heavy atom. The Kier molecular flexibility index (Phi) is 5.60. The molecule has 5 nitrogen and oxygen atoms in total. The first kappa shape index (κ1) is 21.5. The maximum absolute atomic E-state index is 14.1. The van der Waals surface area contributed by atoms with Crippen LogP contribution in [0.15, 0.2) is 41.4 Å². The van der Waals surface area contributed by atoms with Crippen molar-refractivity contribution < 1.29 is 13.9 Å². The third-order valence-corrected chi connectivity index (χ3v) is 6.95. The van der Waals surface area contributed by atoms with Gasteiger partial charge in [0.25, 0.3) is 0 Å². The van der Waals surface area contributed by atoms with E-state index in [9.17, 15) is 9.18 Å². The lowest BCUT2D eigenvalue weighted by molar-refractivity contribution is -0.123. The number of benzene rings is 2. The van der Waals surface area contributed by atoms with Crippen molar-refractivity contribution in [1.82, 2.24) is 4.90 Å². The lowest BCUT2D eigenvalue weighted by Crippen LogP contribution is -2.53. The highest BCUT2D eigenvalue weighted by Gasteiger charge is 2.56. The molecule has 0 aromatic heterocycles. The summed E-state index contributed by atoms with van der Waals surface area (Å²) in [5.41, 5.74) is 9.31. The van der Waals surface area contributed by atoms with E-state index in [0.29, 0.717) is 19.2 Å². The molecule has 4 rings (SSSR count). The summed E-state index contributed by atoms with van der Waals surface area (Å²) in [7, 11) is 3.65. The molecule has 2 N–H and O–H groups in total. The molecule has 6 heteroatoms. The third kappa shape index (κ3) is 3.63. The Morgan fingerprint density at radius 2 is 1.87 bits per heavy atom. The first-order valence-corrected chi connectivity index (χ1v) is 10.8. The van der Waals surface area contributed by atoms with E-state index in [1.807, 2.05) is 39.2 Å². The number of aliphatic imine (C=N–C) groups is 1. The smallest absolute Gasteiger partial charge is 0.192 e. The van der Waals surface area contributed by atoms with Gasteiger partial charge in [-0.2, -0.15) is 0 Å². The zero-order chi connectivity index (χ0) is 22.2. The fourth-order valence-electron chi connectivity index (χ4n) is 5.15. The predicted octanol–water partition coefficient (Wildman–Crippen LogP) is 3.81. The molecule has 1 aliphatic carbocycles. The number of carbonyl (C=O) groups excluding carboxylic acids is 1. The molecular weight excluding hydrogens is 393 g/mol. The largest absolute Gasteiger partial charge is 0.381 e. The van der Waals surface area contributed by atoms with Crippen LogP contribution < -0.4 is 5.73 Å². The number of hydrogen-bond donors (Lipinski definition) is 1. The molecule has 2 aromatic carbocycles. The summed E-state index contributed by atoms with van der Waals surface area (Å²) in [5, 5.41) is 0. The van der Waals surface area contributed by atoms with Crippen LogP contribution in [0.2, 0.25) is 0 Å². The number of fused-ring (bicyclic) bond motifs is 1. The lowest BCUT2D eigenvalue weighted by atomic mass is 9.56. The number of nitrogens with zero attached hydrogens (tertiary/aromatic N) is 2. The average Bonchev–Trinajstić information content (AvgIpc) is 2.75. The number of nitrogens with two attached hydrogens (primary N) is 1. The van der Waals surface area contributed by atoms with E-state index in [1.54, 1.807) is 4.90 Å². The van der Waals surface area contributed by atoms with Gasteiger partial charge < -0.3 is 20.2 Å². The van der Waals surface area contributed by atoms with E-state index in [1.165, 1.54) is 12.1 Å². The first-order valence-electron chi connectivity index (χ1n) is 10.8. The summed E-state index contributed by atoms with van der Waals surface area (Å²) >= 11 is 0. The molecule has 1 spiro atoms. The predicted molar refractivity (Wildman–Crippen MR) is 120 cm³/mol. The van der Waals surface area contributed by atoms with E-state index in [2.05, 4.69) is 6.07 Å².